The fourth-order valence-electron chi connectivity index (χ4n) is 5.34. The van der Waals surface area contributed by atoms with Crippen LogP contribution in [0.5, 0.6) is 5.75 Å². The first-order chi connectivity index (χ1) is 21.9. The number of nitrogens with zero attached hydrogens (tertiary/aromatic N) is 6. The lowest BCUT2D eigenvalue weighted by molar-refractivity contribution is -0.136. The number of halogens is 2. The van der Waals surface area contributed by atoms with Crippen LogP contribution in [0.25, 0.3) is 21.8 Å². The number of benzene rings is 2. The van der Waals surface area contributed by atoms with Crippen molar-refractivity contribution in [2.45, 2.75) is 33.0 Å². The van der Waals surface area contributed by atoms with Crippen molar-refractivity contribution in [3.8, 4) is 11.8 Å². The molecule has 1 saturated heterocycles. The molecule has 1 aliphatic rings. The van der Waals surface area contributed by atoms with Gasteiger partial charge in [-0.25, -0.2) is 28.5 Å². The SMILES string of the molecule is Cc1cccc2c(=O)n(CC(=O)N3CCOCC3)nc(Cc3nc4cc(C#N)c(OCC(F)F)cc4n3COCCS(C)(C)C)c12. The molecule has 5 rings (SSSR count). The summed E-state index contributed by atoms with van der Waals surface area (Å²) in [5.74, 6) is 1.20. The molecule has 0 N–H and O–H groups in total. The Morgan fingerprint density at radius 1 is 1.20 bits per heavy atom. The molecule has 46 heavy (non-hydrogen) atoms. The summed E-state index contributed by atoms with van der Waals surface area (Å²) in [5, 5.41) is 15.5. The summed E-state index contributed by atoms with van der Waals surface area (Å²) in [4.78, 5) is 33.2. The minimum absolute atomic E-state index is 0.0247. The van der Waals surface area contributed by atoms with Crippen LogP contribution in [0.15, 0.2) is 35.1 Å². The number of carbonyl (C=O) groups is 1. The van der Waals surface area contributed by atoms with Crippen LogP contribution in [-0.4, -0.2) is 101 Å². The first-order valence-corrected chi connectivity index (χ1v) is 17.9. The predicted octanol–water partition coefficient (Wildman–Crippen LogP) is 3.69. The molecule has 1 amide bonds. The average Bonchev–Trinajstić information content (AvgIpc) is 3.35. The number of ether oxygens (including phenoxy) is 3. The van der Waals surface area contributed by atoms with Crippen LogP contribution >= 0.6 is 10.0 Å². The molecule has 3 heterocycles. The number of aromatic nitrogens is 4. The second-order valence-electron chi connectivity index (χ2n) is 12.0. The number of hydrogen-bond donors (Lipinski definition) is 0. The van der Waals surface area contributed by atoms with Crippen molar-refractivity contribution in [2.75, 3.05) is 64.0 Å². The van der Waals surface area contributed by atoms with E-state index in [1.807, 2.05) is 23.6 Å². The lowest BCUT2D eigenvalue weighted by Gasteiger charge is -2.27. The molecule has 0 saturated carbocycles. The van der Waals surface area contributed by atoms with Crippen LogP contribution in [0.2, 0.25) is 0 Å². The third-order valence-electron chi connectivity index (χ3n) is 7.72. The Bertz CT molecular complexity index is 1840. The Balaban J connectivity index is 1.59. The molecule has 11 nitrogen and oxygen atoms in total. The third-order valence-corrected chi connectivity index (χ3v) is 9.11. The smallest absolute Gasteiger partial charge is 0.275 e. The Labute approximate surface area is 267 Å². The Morgan fingerprint density at radius 2 is 1.96 bits per heavy atom. The van der Waals surface area contributed by atoms with Crippen LogP contribution in [0.4, 0.5) is 8.78 Å². The van der Waals surface area contributed by atoms with Gasteiger partial charge in [-0.3, -0.25) is 9.59 Å². The monoisotopic (exact) mass is 656 g/mol. The minimum Gasteiger partial charge on any atom is -0.486 e. The molecule has 246 valence electrons. The van der Waals surface area contributed by atoms with Crippen LogP contribution in [-0.2, 0) is 34.0 Å². The van der Waals surface area contributed by atoms with Gasteiger partial charge in [0.05, 0.1) is 53.9 Å². The number of amides is 1. The van der Waals surface area contributed by atoms with E-state index >= 15 is 0 Å². The van der Waals surface area contributed by atoms with Crippen molar-refractivity contribution < 1.29 is 27.8 Å². The van der Waals surface area contributed by atoms with E-state index in [1.54, 1.807) is 17.0 Å². The van der Waals surface area contributed by atoms with E-state index in [9.17, 15) is 23.6 Å². The van der Waals surface area contributed by atoms with E-state index in [2.05, 4.69) is 18.8 Å². The van der Waals surface area contributed by atoms with Gasteiger partial charge in [-0.15, -0.1) is 0 Å². The normalized spacial score (nSPS) is 14.3. The molecule has 0 radical (unpaired) electrons. The number of hydrogen-bond acceptors (Lipinski definition) is 8. The lowest BCUT2D eigenvalue weighted by Crippen LogP contribution is -2.44. The zero-order valence-electron chi connectivity index (χ0n) is 26.4. The molecule has 0 aliphatic carbocycles. The maximum atomic E-state index is 13.6. The molecule has 0 bridgehead atoms. The summed E-state index contributed by atoms with van der Waals surface area (Å²) in [6.45, 7) is 3.19. The standard InChI is InChI=1S/C32H38F2N6O5S/c1-21-6-5-7-23-31(21)25(37-40(32(23)42)18-30(41)38-8-10-43-11-9-38)15-29-36-24-14-22(17-35)27(45-19-28(33)34)16-26(24)39(29)20-44-12-13-46(2,3)4/h5-7,14,16,28H,8-13,15,18-20H2,1-4H3. The largest absolute Gasteiger partial charge is 0.486 e. The molecule has 0 spiro atoms. The Hall–Kier alpha value is -4.06. The molecule has 0 atom stereocenters. The van der Waals surface area contributed by atoms with Gasteiger partial charge in [0.25, 0.3) is 12.0 Å². The molecule has 1 fully saturated rings. The summed E-state index contributed by atoms with van der Waals surface area (Å²) in [5.41, 5.74) is 2.08. The molecule has 1 aliphatic heterocycles. The van der Waals surface area contributed by atoms with Crippen LogP contribution < -0.4 is 10.3 Å². The number of aryl methyl sites for hydroxylation is 1. The lowest BCUT2D eigenvalue weighted by atomic mass is 10.0. The van der Waals surface area contributed by atoms with Crippen molar-refractivity contribution in [3.63, 3.8) is 0 Å². The summed E-state index contributed by atoms with van der Waals surface area (Å²) >= 11 is 0. The van der Waals surface area contributed by atoms with E-state index in [0.29, 0.717) is 66.2 Å². The van der Waals surface area contributed by atoms with Crippen LogP contribution in [0, 0.1) is 18.3 Å². The number of carbonyl (C=O) groups excluding carboxylic acids is 1. The number of fused-ring (bicyclic) bond motifs is 2. The quantitative estimate of drug-likeness (QED) is 0.212. The Morgan fingerprint density at radius 3 is 2.65 bits per heavy atom. The van der Waals surface area contributed by atoms with Gasteiger partial charge in [0, 0.05) is 30.3 Å². The second-order valence-corrected chi connectivity index (χ2v) is 16.6. The number of rotatable bonds is 12. The number of nitriles is 1. The van der Waals surface area contributed by atoms with E-state index < -0.39 is 23.1 Å². The highest BCUT2D eigenvalue weighted by molar-refractivity contribution is 8.32. The maximum Gasteiger partial charge on any atom is 0.275 e. The van der Waals surface area contributed by atoms with Gasteiger partial charge in [0.15, 0.2) is 0 Å². The minimum atomic E-state index is -2.71. The van der Waals surface area contributed by atoms with Crippen molar-refractivity contribution in [3.05, 3.63) is 63.3 Å². The van der Waals surface area contributed by atoms with E-state index in [1.165, 1.54) is 16.8 Å². The highest BCUT2D eigenvalue weighted by Gasteiger charge is 2.23. The van der Waals surface area contributed by atoms with Gasteiger partial charge in [-0.05, 0) is 43.4 Å². The number of morpholine rings is 1. The van der Waals surface area contributed by atoms with E-state index in [0.717, 1.165) is 11.3 Å². The van der Waals surface area contributed by atoms with Crippen LogP contribution in [0.1, 0.15) is 22.6 Å². The van der Waals surface area contributed by atoms with Gasteiger partial charge < -0.3 is 23.7 Å². The highest BCUT2D eigenvalue weighted by Crippen LogP contribution is 2.34. The van der Waals surface area contributed by atoms with Gasteiger partial charge >= 0.3 is 0 Å². The highest BCUT2D eigenvalue weighted by atomic mass is 32.3. The van der Waals surface area contributed by atoms with Crippen molar-refractivity contribution >= 4 is 37.7 Å². The Kier molecular flexibility index (Phi) is 10.2. The van der Waals surface area contributed by atoms with Crippen LogP contribution in [0.3, 0.4) is 0 Å². The summed E-state index contributed by atoms with van der Waals surface area (Å²) in [7, 11) is -0.811. The molecular formula is C32H38F2N6O5S. The topological polar surface area (TPSA) is 125 Å². The van der Waals surface area contributed by atoms with Gasteiger partial charge in [-0.2, -0.15) is 10.4 Å². The second kappa shape index (κ2) is 14.1. The van der Waals surface area contributed by atoms with Crippen molar-refractivity contribution in [2.24, 2.45) is 0 Å². The average molecular weight is 657 g/mol. The number of imidazole rings is 1. The van der Waals surface area contributed by atoms with E-state index in [4.69, 9.17) is 24.3 Å². The summed E-state index contributed by atoms with van der Waals surface area (Å²) in [6.07, 6.45) is 4.04. The third kappa shape index (κ3) is 7.66. The van der Waals surface area contributed by atoms with Crippen molar-refractivity contribution in [1.82, 2.24) is 24.2 Å². The first kappa shape index (κ1) is 33.3. The fourth-order valence-corrected chi connectivity index (χ4v) is 5.95. The van der Waals surface area contributed by atoms with Gasteiger partial charge in [0.2, 0.25) is 5.91 Å². The fraction of sp³-hybridized carbons (Fsp3) is 0.469. The zero-order chi connectivity index (χ0) is 33.0. The molecule has 2 aromatic carbocycles. The molecular weight excluding hydrogens is 618 g/mol. The molecule has 4 aromatic rings. The van der Waals surface area contributed by atoms with Gasteiger partial charge in [0.1, 0.15) is 37.5 Å². The van der Waals surface area contributed by atoms with E-state index in [-0.39, 0.29) is 42.5 Å². The molecule has 0 unspecified atom stereocenters. The van der Waals surface area contributed by atoms with Gasteiger partial charge in [-0.1, -0.05) is 12.1 Å². The summed E-state index contributed by atoms with van der Waals surface area (Å²) < 4.78 is 45.8. The zero-order valence-corrected chi connectivity index (χ0v) is 27.2. The van der Waals surface area contributed by atoms with Crippen molar-refractivity contribution in [1.29, 1.82) is 5.26 Å². The molecule has 14 heteroatoms. The molecule has 2 aromatic heterocycles. The number of alkyl halides is 2. The predicted molar refractivity (Wildman–Crippen MR) is 173 cm³/mol. The summed E-state index contributed by atoms with van der Waals surface area (Å²) in [6, 6.07) is 10.5. The first-order valence-electron chi connectivity index (χ1n) is 14.9. The maximum absolute atomic E-state index is 13.6.